The van der Waals surface area contributed by atoms with Crippen LogP contribution in [0.2, 0.25) is 0 Å². The van der Waals surface area contributed by atoms with Gasteiger partial charge in [0.2, 0.25) is 0 Å². The maximum atomic E-state index is 10.3. The largest absolute Gasteiger partial charge is 0.497 e. The van der Waals surface area contributed by atoms with Crippen LogP contribution in [0.5, 0.6) is 11.5 Å². The minimum Gasteiger partial charge on any atom is -0.497 e. The number of ether oxygens (including phenoxy) is 2. The summed E-state index contributed by atoms with van der Waals surface area (Å²) in [7, 11) is 1.64. The lowest BCUT2D eigenvalue weighted by atomic mass is 10.2. The summed E-state index contributed by atoms with van der Waals surface area (Å²) in [6.07, 6.45) is -0.498. The van der Waals surface area contributed by atoms with Crippen LogP contribution in [-0.2, 0) is 0 Å². The van der Waals surface area contributed by atoms with Crippen LogP contribution in [0, 0.1) is 6.92 Å². The molecule has 5 nitrogen and oxygen atoms in total. The van der Waals surface area contributed by atoms with Gasteiger partial charge in [-0.2, -0.15) is 0 Å². The molecule has 3 rings (SSSR count). The molecule has 0 aliphatic carbocycles. The van der Waals surface area contributed by atoms with Gasteiger partial charge in [-0.1, -0.05) is 12.1 Å². The smallest absolute Gasteiger partial charge is 0.119 e. The van der Waals surface area contributed by atoms with Crippen molar-refractivity contribution < 1.29 is 14.6 Å². The Balaban J connectivity index is 1.40. The van der Waals surface area contributed by atoms with Gasteiger partial charge in [0.15, 0.2) is 0 Å². The van der Waals surface area contributed by atoms with Gasteiger partial charge in [0, 0.05) is 38.4 Å². The number of nitrogens with zero attached hydrogens (tertiary/aromatic N) is 2. The van der Waals surface area contributed by atoms with E-state index in [1.807, 2.05) is 24.3 Å². The van der Waals surface area contributed by atoms with Crippen molar-refractivity contribution in [2.24, 2.45) is 0 Å². The van der Waals surface area contributed by atoms with Crippen LogP contribution in [0.3, 0.4) is 0 Å². The van der Waals surface area contributed by atoms with E-state index in [-0.39, 0.29) is 0 Å². The molecule has 0 spiro atoms. The lowest BCUT2D eigenvalue weighted by Crippen LogP contribution is -2.49. The summed E-state index contributed by atoms with van der Waals surface area (Å²) in [4.78, 5) is 4.71. The zero-order valence-corrected chi connectivity index (χ0v) is 15.6. The summed E-state index contributed by atoms with van der Waals surface area (Å²) < 4.78 is 10.8. The maximum absolute atomic E-state index is 10.3. The highest BCUT2D eigenvalue weighted by Crippen LogP contribution is 2.19. The van der Waals surface area contributed by atoms with E-state index in [1.54, 1.807) is 7.11 Å². The van der Waals surface area contributed by atoms with Gasteiger partial charge < -0.3 is 19.5 Å². The third kappa shape index (κ3) is 5.13. The fourth-order valence-corrected chi connectivity index (χ4v) is 3.23. The van der Waals surface area contributed by atoms with E-state index in [2.05, 4.69) is 41.0 Å². The number of aliphatic hydroxyl groups excluding tert-OH is 1. The van der Waals surface area contributed by atoms with Gasteiger partial charge in [-0.3, -0.25) is 4.90 Å². The Bertz CT molecular complexity index is 682. The summed E-state index contributed by atoms with van der Waals surface area (Å²) >= 11 is 0. The lowest BCUT2D eigenvalue weighted by molar-refractivity contribution is 0.0663. The number of aliphatic hydroxyl groups is 1. The molecule has 1 aliphatic heterocycles. The summed E-state index contributed by atoms with van der Waals surface area (Å²) in [6.45, 7) is 6.92. The van der Waals surface area contributed by atoms with Gasteiger partial charge in [0.1, 0.15) is 24.2 Å². The van der Waals surface area contributed by atoms with E-state index >= 15 is 0 Å². The molecule has 1 saturated heterocycles. The number of hydrogen-bond donors (Lipinski definition) is 1. The molecule has 0 aromatic heterocycles. The number of β-amino-alcohol motifs (C(OH)–C–C–N with tert-alkyl or cyclic N) is 1. The van der Waals surface area contributed by atoms with Gasteiger partial charge in [0.05, 0.1) is 7.11 Å². The molecule has 5 heteroatoms. The van der Waals surface area contributed by atoms with Crippen molar-refractivity contribution >= 4 is 5.69 Å². The first-order chi connectivity index (χ1) is 12.6. The molecule has 0 bridgehead atoms. The third-order valence-corrected chi connectivity index (χ3v) is 4.71. The highest BCUT2D eigenvalue weighted by atomic mass is 16.5. The molecule has 1 heterocycles. The normalized spacial score (nSPS) is 16.3. The summed E-state index contributed by atoms with van der Waals surface area (Å²) in [5.74, 6) is 1.54. The highest BCUT2D eigenvalue weighted by Gasteiger charge is 2.19. The molecule has 0 saturated carbocycles. The fraction of sp³-hybridized carbons (Fsp3) is 0.429. The predicted octanol–water partition coefficient (Wildman–Crippen LogP) is 2.57. The average Bonchev–Trinajstić information content (AvgIpc) is 2.67. The molecule has 140 valence electrons. The second kappa shape index (κ2) is 8.92. The molecule has 0 unspecified atom stereocenters. The lowest BCUT2D eigenvalue weighted by Gasteiger charge is -2.37. The van der Waals surface area contributed by atoms with E-state index in [0.717, 1.165) is 37.7 Å². The van der Waals surface area contributed by atoms with Crippen LogP contribution in [0.25, 0.3) is 0 Å². The first-order valence-electron chi connectivity index (χ1n) is 9.13. The SMILES string of the molecule is COc1ccc(OC[C@H](O)CN2CCN(c3cccc(C)c3)CC2)cc1. The Hall–Kier alpha value is -2.24. The standard InChI is InChI=1S/C21H28N2O3/c1-17-4-3-5-18(14-17)23-12-10-22(11-13-23)15-19(24)16-26-21-8-6-20(25-2)7-9-21/h3-9,14,19,24H,10-13,15-16H2,1-2H3/t19-/m1/s1. The van der Waals surface area contributed by atoms with Gasteiger partial charge in [0.25, 0.3) is 0 Å². The zero-order valence-electron chi connectivity index (χ0n) is 15.6. The summed E-state index contributed by atoms with van der Waals surface area (Å²) in [5, 5.41) is 10.3. The van der Waals surface area contributed by atoms with Crippen molar-refractivity contribution in [2.75, 3.05) is 51.3 Å². The molecule has 1 fully saturated rings. The Kier molecular flexibility index (Phi) is 6.36. The molecular weight excluding hydrogens is 328 g/mol. The topological polar surface area (TPSA) is 45.2 Å². The quantitative estimate of drug-likeness (QED) is 0.826. The fourth-order valence-electron chi connectivity index (χ4n) is 3.23. The molecule has 2 aromatic rings. The van der Waals surface area contributed by atoms with Crippen molar-refractivity contribution in [1.82, 2.24) is 4.90 Å². The highest BCUT2D eigenvalue weighted by molar-refractivity contribution is 5.48. The Labute approximate surface area is 155 Å². The molecule has 1 N–H and O–H groups in total. The van der Waals surface area contributed by atoms with Crippen LogP contribution in [-0.4, -0.2) is 62.6 Å². The van der Waals surface area contributed by atoms with Gasteiger partial charge in [-0.15, -0.1) is 0 Å². The molecule has 2 aromatic carbocycles. The first kappa shape index (κ1) is 18.5. The number of hydrogen-bond acceptors (Lipinski definition) is 5. The van der Waals surface area contributed by atoms with Crippen molar-refractivity contribution in [2.45, 2.75) is 13.0 Å². The van der Waals surface area contributed by atoms with E-state index < -0.39 is 6.10 Å². The Morgan fingerprint density at radius 3 is 2.35 bits per heavy atom. The molecule has 1 aliphatic rings. The number of aryl methyl sites for hydroxylation is 1. The van der Waals surface area contributed by atoms with Crippen molar-refractivity contribution in [3.05, 3.63) is 54.1 Å². The predicted molar refractivity (Wildman–Crippen MR) is 104 cm³/mol. The number of methoxy groups -OCH3 is 1. The molecule has 0 radical (unpaired) electrons. The summed E-state index contributed by atoms with van der Waals surface area (Å²) in [5.41, 5.74) is 2.57. The van der Waals surface area contributed by atoms with Crippen LogP contribution in [0.1, 0.15) is 5.56 Å². The maximum Gasteiger partial charge on any atom is 0.119 e. The summed E-state index contributed by atoms with van der Waals surface area (Å²) in [6, 6.07) is 16.0. The van der Waals surface area contributed by atoms with Crippen molar-refractivity contribution in [3.8, 4) is 11.5 Å². The third-order valence-electron chi connectivity index (χ3n) is 4.71. The minimum absolute atomic E-state index is 0.296. The zero-order chi connectivity index (χ0) is 18.4. The van der Waals surface area contributed by atoms with Crippen LogP contribution in [0.15, 0.2) is 48.5 Å². The monoisotopic (exact) mass is 356 g/mol. The average molecular weight is 356 g/mol. The molecular formula is C21H28N2O3. The van der Waals surface area contributed by atoms with Crippen LogP contribution >= 0.6 is 0 Å². The second-order valence-corrected chi connectivity index (χ2v) is 6.77. The molecule has 1 atom stereocenters. The Morgan fingerprint density at radius 1 is 1.00 bits per heavy atom. The number of piperazine rings is 1. The van der Waals surface area contributed by atoms with Crippen LogP contribution < -0.4 is 14.4 Å². The Morgan fingerprint density at radius 2 is 1.69 bits per heavy atom. The molecule has 26 heavy (non-hydrogen) atoms. The van der Waals surface area contributed by atoms with E-state index in [0.29, 0.717) is 13.2 Å². The van der Waals surface area contributed by atoms with Gasteiger partial charge in [-0.05, 0) is 48.9 Å². The second-order valence-electron chi connectivity index (χ2n) is 6.77. The van der Waals surface area contributed by atoms with E-state index in [9.17, 15) is 5.11 Å². The van der Waals surface area contributed by atoms with Crippen molar-refractivity contribution in [3.63, 3.8) is 0 Å². The van der Waals surface area contributed by atoms with E-state index in [1.165, 1.54) is 11.3 Å². The number of benzene rings is 2. The minimum atomic E-state index is -0.498. The number of rotatable bonds is 7. The van der Waals surface area contributed by atoms with Crippen molar-refractivity contribution in [1.29, 1.82) is 0 Å². The number of anilines is 1. The molecule has 0 amide bonds. The van der Waals surface area contributed by atoms with Gasteiger partial charge >= 0.3 is 0 Å². The van der Waals surface area contributed by atoms with Gasteiger partial charge in [-0.25, -0.2) is 0 Å². The van der Waals surface area contributed by atoms with Crippen LogP contribution in [0.4, 0.5) is 5.69 Å². The first-order valence-corrected chi connectivity index (χ1v) is 9.13. The van der Waals surface area contributed by atoms with E-state index in [4.69, 9.17) is 9.47 Å².